The summed E-state index contributed by atoms with van der Waals surface area (Å²) in [5, 5.41) is 2.81. The predicted octanol–water partition coefficient (Wildman–Crippen LogP) is 1.56. The van der Waals surface area contributed by atoms with Gasteiger partial charge in [0.25, 0.3) is 10.0 Å². The maximum atomic E-state index is 12.4. The summed E-state index contributed by atoms with van der Waals surface area (Å²) in [6.07, 6.45) is 1.45. The van der Waals surface area contributed by atoms with Gasteiger partial charge in [0, 0.05) is 30.8 Å². The third-order valence-electron chi connectivity index (χ3n) is 5.15. The van der Waals surface area contributed by atoms with E-state index in [1.54, 1.807) is 30.0 Å². The van der Waals surface area contributed by atoms with Crippen molar-refractivity contribution in [3.05, 3.63) is 59.7 Å². The van der Waals surface area contributed by atoms with Gasteiger partial charge in [-0.15, -0.1) is 0 Å². The van der Waals surface area contributed by atoms with Crippen molar-refractivity contribution in [2.24, 2.45) is 4.99 Å². The first kappa shape index (κ1) is 20.1. The van der Waals surface area contributed by atoms with E-state index in [-0.39, 0.29) is 22.5 Å². The van der Waals surface area contributed by atoms with Crippen LogP contribution in [0.25, 0.3) is 0 Å². The Morgan fingerprint density at radius 1 is 1.20 bits per heavy atom. The van der Waals surface area contributed by atoms with Gasteiger partial charge in [0.1, 0.15) is 11.9 Å². The van der Waals surface area contributed by atoms with Crippen LogP contribution in [0.3, 0.4) is 0 Å². The number of anilines is 1. The van der Waals surface area contributed by atoms with Crippen molar-refractivity contribution in [2.45, 2.75) is 37.2 Å². The molecule has 0 aromatic heterocycles. The number of nitrogens with one attached hydrogen (secondary N) is 2. The number of amidine groups is 1. The zero-order chi connectivity index (χ0) is 21.3. The standard InChI is InChI=1S/C21H22N4O4S/c1-14(23-20-17-5-2-3-6-18(17)30(28,29)24-20)21(27)22-13-15-8-10-16(11-9-15)25-12-4-7-19(25)26/h2-3,5-6,8-11,14H,4,7,12-13H2,1H3,(H,22,27)(H,23,24)/t14-/m0/s1. The molecule has 0 saturated carbocycles. The highest BCUT2D eigenvalue weighted by Crippen LogP contribution is 2.23. The summed E-state index contributed by atoms with van der Waals surface area (Å²) in [4.78, 5) is 30.5. The Labute approximate surface area is 175 Å². The maximum Gasteiger partial charge on any atom is 0.263 e. The molecular formula is C21H22N4O4S. The van der Waals surface area contributed by atoms with Crippen LogP contribution in [0, 0.1) is 0 Å². The van der Waals surface area contributed by atoms with Gasteiger partial charge in [0.2, 0.25) is 11.8 Å². The Morgan fingerprint density at radius 2 is 1.93 bits per heavy atom. The van der Waals surface area contributed by atoms with Crippen LogP contribution in [0.4, 0.5) is 5.69 Å². The van der Waals surface area contributed by atoms with Gasteiger partial charge in [0.15, 0.2) is 0 Å². The highest BCUT2D eigenvalue weighted by atomic mass is 32.2. The van der Waals surface area contributed by atoms with Gasteiger partial charge < -0.3 is 10.2 Å². The van der Waals surface area contributed by atoms with Gasteiger partial charge in [-0.05, 0) is 43.2 Å². The smallest absolute Gasteiger partial charge is 0.263 e. The van der Waals surface area contributed by atoms with Gasteiger partial charge in [-0.2, -0.15) is 0 Å². The minimum atomic E-state index is -3.64. The molecule has 0 spiro atoms. The van der Waals surface area contributed by atoms with Crippen LogP contribution in [0.5, 0.6) is 0 Å². The minimum Gasteiger partial charge on any atom is -0.350 e. The molecule has 2 aliphatic rings. The molecule has 156 valence electrons. The summed E-state index contributed by atoms with van der Waals surface area (Å²) in [5.41, 5.74) is 2.22. The summed E-state index contributed by atoms with van der Waals surface area (Å²) >= 11 is 0. The second-order valence-corrected chi connectivity index (χ2v) is 8.94. The van der Waals surface area contributed by atoms with Crippen LogP contribution in [0.15, 0.2) is 58.4 Å². The molecule has 1 fully saturated rings. The number of hydrogen-bond donors (Lipinski definition) is 2. The van der Waals surface area contributed by atoms with Crippen LogP contribution < -0.4 is 14.9 Å². The largest absolute Gasteiger partial charge is 0.350 e. The van der Waals surface area contributed by atoms with E-state index >= 15 is 0 Å². The number of fused-ring (bicyclic) bond motifs is 1. The summed E-state index contributed by atoms with van der Waals surface area (Å²) in [6, 6.07) is 13.3. The monoisotopic (exact) mass is 426 g/mol. The molecule has 9 heteroatoms. The number of amides is 2. The van der Waals surface area contributed by atoms with Crippen molar-refractivity contribution in [1.29, 1.82) is 0 Å². The van der Waals surface area contributed by atoms with Crippen molar-refractivity contribution in [2.75, 3.05) is 11.4 Å². The molecule has 0 radical (unpaired) electrons. The van der Waals surface area contributed by atoms with Crippen molar-refractivity contribution >= 4 is 33.4 Å². The third-order valence-corrected chi connectivity index (χ3v) is 6.55. The number of benzene rings is 2. The summed E-state index contributed by atoms with van der Waals surface area (Å²) < 4.78 is 26.7. The number of carbonyl (C=O) groups is 2. The lowest BCUT2D eigenvalue weighted by atomic mass is 10.2. The number of aliphatic imine (C=N–C) groups is 1. The van der Waals surface area contributed by atoms with E-state index in [0.29, 0.717) is 18.5 Å². The molecule has 2 N–H and O–H groups in total. The summed E-state index contributed by atoms with van der Waals surface area (Å²) in [6.45, 7) is 2.66. The number of nitrogens with zero attached hydrogens (tertiary/aromatic N) is 2. The molecule has 30 heavy (non-hydrogen) atoms. The fraction of sp³-hybridized carbons (Fsp3) is 0.286. The molecule has 0 unspecified atom stereocenters. The lowest BCUT2D eigenvalue weighted by Crippen LogP contribution is -2.33. The van der Waals surface area contributed by atoms with Crippen LogP contribution in [0.1, 0.15) is 30.9 Å². The second kappa shape index (κ2) is 7.91. The van der Waals surface area contributed by atoms with E-state index < -0.39 is 16.1 Å². The molecule has 2 heterocycles. The molecule has 1 saturated heterocycles. The fourth-order valence-corrected chi connectivity index (χ4v) is 4.77. The van der Waals surface area contributed by atoms with Gasteiger partial charge in [0.05, 0.1) is 4.90 Å². The number of sulfonamides is 1. The predicted molar refractivity (Wildman–Crippen MR) is 113 cm³/mol. The Bertz CT molecular complexity index is 1130. The van der Waals surface area contributed by atoms with Crippen LogP contribution in [-0.4, -0.2) is 38.7 Å². The molecule has 2 amide bonds. The normalized spacial score (nSPS) is 19.4. The lowest BCUT2D eigenvalue weighted by molar-refractivity contribution is -0.122. The first-order valence-corrected chi connectivity index (χ1v) is 11.2. The van der Waals surface area contributed by atoms with E-state index in [0.717, 1.165) is 24.2 Å². The number of rotatable bonds is 5. The van der Waals surface area contributed by atoms with Crippen LogP contribution in [-0.2, 0) is 26.2 Å². The molecule has 1 atom stereocenters. The summed E-state index contributed by atoms with van der Waals surface area (Å²) in [5.74, 6) is -0.00846. The molecule has 0 aliphatic carbocycles. The number of carbonyl (C=O) groups excluding carboxylic acids is 2. The van der Waals surface area contributed by atoms with Gasteiger partial charge >= 0.3 is 0 Å². The zero-order valence-corrected chi connectivity index (χ0v) is 17.3. The molecule has 2 aliphatic heterocycles. The quantitative estimate of drug-likeness (QED) is 0.756. The SMILES string of the molecule is C[C@H](N=C1NS(=O)(=O)c2ccccc21)C(=O)NCc1ccc(N2CCCC2=O)cc1. The lowest BCUT2D eigenvalue weighted by Gasteiger charge is -2.16. The van der Waals surface area contributed by atoms with Gasteiger partial charge in [-0.25, -0.2) is 8.42 Å². The van der Waals surface area contributed by atoms with Crippen LogP contribution in [0.2, 0.25) is 0 Å². The van der Waals surface area contributed by atoms with E-state index in [1.807, 2.05) is 24.3 Å². The van der Waals surface area contributed by atoms with E-state index in [2.05, 4.69) is 15.0 Å². The molecular weight excluding hydrogens is 404 g/mol. The van der Waals surface area contributed by atoms with Gasteiger partial charge in [-0.1, -0.05) is 24.3 Å². The van der Waals surface area contributed by atoms with E-state index in [1.165, 1.54) is 6.07 Å². The molecule has 2 aromatic carbocycles. The molecule has 0 bridgehead atoms. The van der Waals surface area contributed by atoms with E-state index in [4.69, 9.17) is 0 Å². The van der Waals surface area contributed by atoms with Crippen molar-refractivity contribution < 1.29 is 18.0 Å². The first-order valence-electron chi connectivity index (χ1n) is 9.72. The van der Waals surface area contributed by atoms with Crippen molar-refractivity contribution in [3.8, 4) is 0 Å². The third kappa shape index (κ3) is 3.93. The Kier molecular flexibility index (Phi) is 5.29. The van der Waals surface area contributed by atoms with Gasteiger partial charge in [-0.3, -0.25) is 19.3 Å². The van der Waals surface area contributed by atoms with Crippen molar-refractivity contribution in [1.82, 2.24) is 10.0 Å². The molecule has 8 nitrogen and oxygen atoms in total. The first-order chi connectivity index (χ1) is 14.3. The van der Waals surface area contributed by atoms with Crippen molar-refractivity contribution in [3.63, 3.8) is 0 Å². The van der Waals surface area contributed by atoms with Crippen LogP contribution >= 0.6 is 0 Å². The maximum absolute atomic E-state index is 12.4. The zero-order valence-electron chi connectivity index (χ0n) is 16.5. The Balaban J connectivity index is 1.39. The highest BCUT2D eigenvalue weighted by Gasteiger charge is 2.31. The Hall–Kier alpha value is -3.20. The Morgan fingerprint density at radius 3 is 2.63 bits per heavy atom. The minimum absolute atomic E-state index is 0.132. The second-order valence-electron chi connectivity index (χ2n) is 7.29. The highest BCUT2D eigenvalue weighted by molar-refractivity contribution is 7.90. The number of hydrogen-bond acceptors (Lipinski definition) is 5. The molecule has 2 aromatic rings. The topological polar surface area (TPSA) is 108 Å². The average Bonchev–Trinajstić information content (AvgIpc) is 3.27. The average molecular weight is 426 g/mol. The summed E-state index contributed by atoms with van der Waals surface area (Å²) in [7, 11) is -3.64. The van der Waals surface area contributed by atoms with E-state index in [9.17, 15) is 18.0 Å². The molecule has 4 rings (SSSR count). The fourth-order valence-electron chi connectivity index (χ4n) is 3.53.